The zero-order chi connectivity index (χ0) is 23.0. The zero-order valence-corrected chi connectivity index (χ0v) is 17.9. The number of hydrogen-bond donors (Lipinski definition) is 0. The lowest BCUT2D eigenvalue weighted by Gasteiger charge is -2.31. The van der Waals surface area contributed by atoms with E-state index in [1.807, 2.05) is 0 Å². The lowest BCUT2D eigenvalue weighted by molar-refractivity contribution is -0.136. The van der Waals surface area contributed by atoms with Crippen molar-refractivity contribution in [3.63, 3.8) is 0 Å². The molecule has 1 saturated heterocycles. The standard InChI is InChI=1S/C22H23F3N4O3/c1-12(2)16-11-15(22(23,24)25)18-19(28-32-20(18)27-16)13-5-8-29(9-6-13)21(30)14-4-7-26-17(10-14)31-3/h4,7,10-13H,5-6,8-9H2,1-3H3. The van der Waals surface area contributed by atoms with Gasteiger partial charge < -0.3 is 14.2 Å². The van der Waals surface area contributed by atoms with Gasteiger partial charge in [0.05, 0.1) is 23.8 Å². The Bertz CT molecular complexity index is 1140. The molecule has 3 aromatic heterocycles. The minimum atomic E-state index is -4.55. The first-order valence-corrected chi connectivity index (χ1v) is 10.4. The number of ether oxygens (including phenoxy) is 1. The van der Waals surface area contributed by atoms with Crippen LogP contribution in [0.4, 0.5) is 13.2 Å². The molecule has 0 spiro atoms. The molecule has 170 valence electrons. The van der Waals surface area contributed by atoms with E-state index in [0.717, 1.165) is 6.07 Å². The van der Waals surface area contributed by atoms with E-state index in [4.69, 9.17) is 9.26 Å². The smallest absolute Gasteiger partial charge is 0.417 e. The van der Waals surface area contributed by atoms with Crippen molar-refractivity contribution in [2.45, 2.75) is 44.7 Å². The highest BCUT2D eigenvalue weighted by molar-refractivity contribution is 5.94. The number of piperidine rings is 1. The molecule has 0 atom stereocenters. The molecule has 0 N–H and O–H groups in total. The lowest BCUT2D eigenvalue weighted by atomic mass is 9.90. The molecular formula is C22H23F3N4O3. The van der Waals surface area contributed by atoms with Crippen LogP contribution < -0.4 is 4.74 Å². The molecule has 0 unspecified atom stereocenters. The molecule has 10 heteroatoms. The summed E-state index contributed by atoms with van der Waals surface area (Å²) in [7, 11) is 1.47. The number of pyridine rings is 2. The molecule has 4 heterocycles. The van der Waals surface area contributed by atoms with Gasteiger partial charge in [-0.25, -0.2) is 9.97 Å². The van der Waals surface area contributed by atoms with Crippen molar-refractivity contribution in [2.75, 3.05) is 20.2 Å². The molecule has 1 aliphatic heterocycles. The second-order valence-electron chi connectivity index (χ2n) is 8.15. The number of halogens is 3. The quantitative estimate of drug-likeness (QED) is 0.571. The van der Waals surface area contributed by atoms with E-state index in [1.54, 1.807) is 30.9 Å². The maximum absolute atomic E-state index is 13.8. The topological polar surface area (TPSA) is 81.4 Å². The van der Waals surface area contributed by atoms with Gasteiger partial charge in [-0.15, -0.1) is 0 Å². The molecule has 1 amide bonds. The summed E-state index contributed by atoms with van der Waals surface area (Å²) >= 11 is 0. The fraction of sp³-hybridized carbons (Fsp3) is 0.455. The summed E-state index contributed by atoms with van der Waals surface area (Å²) in [5.74, 6) is -0.281. The van der Waals surface area contributed by atoms with Crippen LogP contribution in [0.5, 0.6) is 5.88 Å². The van der Waals surface area contributed by atoms with E-state index in [-0.39, 0.29) is 34.5 Å². The summed E-state index contributed by atoms with van der Waals surface area (Å²) in [5, 5.41) is 3.90. The Hall–Kier alpha value is -3.17. The predicted octanol–water partition coefficient (Wildman–Crippen LogP) is 4.79. The summed E-state index contributed by atoms with van der Waals surface area (Å²) in [6.45, 7) is 4.33. The highest BCUT2D eigenvalue weighted by atomic mass is 19.4. The van der Waals surface area contributed by atoms with E-state index < -0.39 is 11.7 Å². The van der Waals surface area contributed by atoms with Crippen molar-refractivity contribution in [1.29, 1.82) is 0 Å². The zero-order valence-electron chi connectivity index (χ0n) is 17.9. The van der Waals surface area contributed by atoms with Gasteiger partial charge in [-0.1, -0.05) is 19.0 Å². The van der Waals surface area contributed by atoms with Crippen LogP contribution in [0, 0.1) is 0 Å². The van der Waals surface area contributed by atoms with Crippen LogP contribution in [0.2, 0.25) is 0 Å². The van der Waals surface area contributed by atoms with Gasteiger partial charge in [0, 0.05) is 42.5 Å². The van der Waals surface area contributed by atoms with Crippen LogP contribution in [-0.4, -0.2) is 46.1 Å². The molecule has 0 aromatic carbocycles. The number of fused-ring (bicyclic) bond motifs is 1. The van der Waals surface area contributed by atoms with Gasteiger partial charge in [-0.05, 0) is 30.9 Å². The van der Waals surface area contributed by atoms with Gasteiger partial charge in [0.2, 0.25) is 5.88 Å². The van der Waals surface area contributed by atoms with Crippen LogP contribution in [0.3, 0.4) is 0 Å². The highest BCUT2D eigenvalue weighted by Gasteiger charge is 2.38. The van der Waals surface area contributed by atoms with Crippen molar-refractivity contribution in [1.82, 2.24) is 20.0 Å². The van der Waals surface area contributed by atoms with Crippen LogP contribution in [0.25, 0.3) is 11.1 Å². The molecule has 7 nitrogen and oxygen atoms in total. The third-order valence-electron chi connectivity index (χ3n) is 5.75. The molecule has 0 saturated carbocycles. The summed E-state index contributed by atoms with van der Waals surface area (Å²) in [5.41, 5.74) is 0.145. The fourth-order valence-electron chi connectivity index (χ4n) is 3.98. The lowest BCUT2D eigenvalue weighted by Crippen LogP contribution is -2.38. The van der Waals surface area contributed by atoms with E-state index in [1.165, 1.54) is 13.3 Å². The molecule has 32 heavy (non-hydrogen) atoms. The molecule has 0 radical (unpaired) electrons. The first-order valence-electron chi connectivity index (χ1n) is 10.4. The van der Waals surface area contributed by atoms with Gasteiger partial charge in [0.25, 0.3) is 11.6 Å². The van der Waals surface area contributed by atoms with Gasteiger partial charge in [0.1, 0.15) is 0 Å². The molecular weight excluding hydrogens is 425 g/mol. The first kappa shape index (κ1) is 22.0. The van der Waals surface area contributed by atoms with Crippen molar-refractivity contribution >= 4 is 17.0 Å². The van der Waals surface area contributed by atoms with E-state index in [2.05, 4.69) is 15.1 Å². The Morgan fingerprint density at radius 3 is 2.59 bits per heavy atom. The number of likely N-dealkylation sites (tertiary alicyclic amines) is 1. The third-order valence-corrected chi connectivity index (χ3v) is 5.75. The summed E-state index contributed by atoms with van der Waals surface area (Å²) in [4.78, 5) is 22.7. The van der Waals surface area contributed by atoms with Gasteiger partial charge in [0.15, 0.2) is 0 Å². The molecule has 1 aliphatic rings. The van der Waals surface area contributed by atoms with Gasteiger partial charge in [-0.3, -0.25) is 4.79 Å². The minimum absolute atomic E-state index is 0.0782. The molecule has 3 aromatic rings. The number of amides is 1. The van der Waals surface area contributed by atoms with Gasteiger partial charge in [-0.2, -0.15) is 13.2 Å². The number of rotatable bonds is 4. The fourth-order valence-corrected chi connectivity index (χ4v) is 3.98. The van der Waals surface area contributed by atoms with Crippen LogP contribution >= 0.6 is 0 Å². The average Bonchev–Trinajstić information content (AvgIpc) is 3.21. The number of alkyl halides is 3. The van der Waals surface area contributed by atoms with Crippen LogP contribution in [-0.2, 0) is 6.18 Å². The Labute approximate surface area is 182 Å². The van der Waals surface area contributed by atoms with Crippen molar-refractivity contribution < 1.29 is 27.2 Å². The maximum atomic E-state index is 13.8. The summed E-state index contributed by atoms with van der Waals surface area (Å²) in [6.07, 6.45) is -2.11. The Kier molecular flexibility index (Phi) is 5.79. The number of carbonyl (C=O) groups excluding carboxylic acids is 1. The van der Waals surface area contributed by atoms with E-state index >= 15 is 0 Å². The Morgan fingerprint density at radius 2 is 1.97 bits per heavy atom. The molecule has 0 bridgehead atoms. The Balaban J connectivity index is 1.58. The number of methoxy groups -OCH3 is 1. The van der Waals surface area contributed by atoms with Crippen LogP contribution in [0.15, 0.2) is 28.9 Å². The number of carbonyl (C=O) groups is 1. The maximum Gasteiger partial charge on any atom is 0.417 e. The summed E-state index contributed by atoms with van der Waals surface area (Å²) in [6, 6.07) is 4.26. The normalized spacial score (nSPS) is 15.5. The summed E-state index contributed by atoms with van der Waals surface area (Å²) < 4.78 is 51.8. The Morgan fingerprint density at radius 1 is 1.25 bits per heavy atom. The number of aromatic nitrogens is 3. The van der Waals surface area contributed by atoms with E-state index in [9.17, 15) is 18.0 Å². The largest absolute Gasteiger partial charge is 0.481 e. The predicted molar refractivity (Wildman–Crippen MR) is 110 cm³/mol. The van der Waals surface area contributed by atoms with Crippen LogP contribution in [0.1, 0.15) is 65.8 Å². The molecule has 4 rings (SSSR count). The second kappa shape index (κ2) is 8.40. The average molecular weight is 448 g/mol. The number of hydrogen-bond acceptors (Lipinski definition) is 6. The van der Waals surface area contributed by atoms with Gasteiger partial charge >= 0.3 is 6.18 Å². The van der Waals surface area contributed by atoms with Crippen molar-refractivity contribution in [3.8, 4) is 5.88 Å². The minimum Gasteiger partial charge on any atom is -0.481 e. The van der Waals surface area contributed by atoms with Crippen molar-refractivity contribution in [3.05, 3.63) is 46.9 Å². The monoisotopic (exact) mass is 448 g/mol. The number of nitrogens with zero attached hydrogens (tertiary/aromatic N) is 4. The van der Waals surface area contributed by atoms with Crippen molar-refractivity contribution in [2.24, 2.45) is 0 Å². The second-order valence-corrected chi connectivity index (χ2v) is 8.15. The highest BCUT2D eigenvalue weighted by Crippen LogP contribution is 2.41. The third kappa shape index (κ3) is 4.13. The first-order chi connectivity index (χ1) is 15.2. The molecule has 0 aliphatic carbocycles. The molecule has 1 fully saturated rings. The SMILES string of the molecule is COc1cc(C(=O)N2CCC(c3noc4nc(C(C)C)cc(C(F)(F)F)c34)CC2)ccn1. The van der Waals surface area contributed by atoms with E-state index in [0.29, 0.717) is 43.1 Å².